The van der Waals surface area contributed by atoms with Crippen LogP contribution in [0.1, 0.15) is 26.2 Å². The minimum Gasteiger partial charge on any atom is -0.385 e. The number of methoxy groups -OCH3 is 1. The summed E-state index contributed by atoms with van der Waals surface area (Å²) in [5.74, 6) is -0.139. The molecule has 0 radical (unpaired) electrons. The molecule has 1 rings (SSSR count). The lowest BCUT2D eigenvalue weighted by molar-refractivity contribution is -0.116. The topological polar surface area (TPSA) is 79.5 Å². The van der Waals surface area contributed by atoms with Crippen molar-refractivity contribution in [3.8, 4) is 0 Å². The van der Waals surface area contributed by atoms with Crippen LogP contribution in [0.4, 0.5) is 11.4 Å². The Morgan fingerprint density at radius 2 is 1.82 bits per heavy atom. The normalized spacial score (nSPS) is 10.3. The number of amides is 2. The zero-order valence-corrected chi connectivity index (χ0v) is 13.3. The second-order valence-corrected chi connectivity index (χ2v) is 4.95. The van der Waals surface area contributed by atoms with Crippen molar-refractivity contribution < 1.29 is 14.3 Å². The van der Waals surface area contributed by atoms with Crippen LogP contribution < -0.4 is 16.0 Å². The van der Waals surface area contributed by atoms with Crippen LogP contribution in [0.2, 0.25) is 0 Å². The predicted molar refractivity (Wildman–Crippen MR) is 88.0 cm³/mol. The van der Waals surface area contributed by atoms with Gasteiger partial charge in [0.15, 0.2) is 0 Å². The Morgan fingerprint density at radius 3 is 2.45 bits per heavy atom. The molecule has 0 bridgehead atoms. The number of hydrogen-bond donors (Lipinski definition) is 3. The maximum absolute atomic E-state index is 11.8. The lowest BCUT2D eigenvalue weighted by atomic mass is 10.2. The van der Waals surface area contributed by atoms with Gasteiger partial charge in [0.05, 0.1) is 6.54 Å². The van der Waals surface area contributed by atoms with Gasteiger partial charge in [-0.2, -0.15) is 0 Å². The second kappa shape index (κ2) is 10.8. The molecule has 0 aliphatic heterocycles. The van der Waals surface area contributed by atoms with Gasteiger partial charge < -0.3 is 20.7 Å². The summed E-state index contributed by atoms with van der Waals surface area (Å²) in [5, 5.41) is 8.64. The fourth-order valence-corrected chi connectivity index (χ4v) is 1.87. The van der Waals surface area contributed by atoms with E-state index in [0.717, 1.165) is 19.4 Å². The fourth-order valence-electron chi connectivity index (χ4n) is 1.87. The molecule has 0 saturated carbocycles. The summed E-state index contributed by atoms with van der Waals surface area (Å²) in [5.41, 5.74) is 1.35. The molecule has 0 aromatic heterocycles. The molecule has 6 nitrogen and oxygen atoms in total. The van der Waals surface area contributed by atoms with Gasteiger partial charge in [-0.1, -0.05) is 13.0 Å². The van der Waals surface area contributed by atoms with E-state index in [0.29, 0.717) is 24.4 Å². The minimum absolute atomic E-state index is 0.0224. The van der Waals surface area contributed by atoms with Crippen LogP contribution in [0.5, 0.6) is 0 Å². The smallest absolute Gasteiger partial charge is 0.238 e. The molecule has 6 heteroatoms. The molecule has 0 heterocycles. The Labute approximate surface area is 131 Å². The highest BCUT2D eigenvalue weighted by Crippen LogP contribution is 2.15. The van der Waals surface area contributed by atoms with Crippen LogP contribution in [0, 0.1) is 0 Å². The largest absolute Gasteiger partial charge is 0.385 e. The van der Waals surface area contributed by atoms with Crippen molar-refractivity contribution in [2.24, 2.45) is 0 Å². The van der Waals surface area contributed by atoms with Crippen molar-refractivity contribution in [3.05, 3.63) is 24.3 Å². The molecule has 0 unspecified atom stereocenters. The van der Waals surface area contributed by atoms with Crippen molar-refractivity contribution in [1.82, 2.24) is 5.32 Å². The van der Waals surface area contributed by atoms with Gasteiger partial charge in [0.1, 0.15) is 0 Å². The summed E-state index contributed by atoms with van der Waals surface area (Å²) in [7, 11) is 1.65. The molecule has 22 heavy (non-hydrogen) atoms. The minimum atomic E-state index is -0.116. The van der Waals surface area contributed by atoms with Crippen LogP contribution in [0.15, 0.2) is 24.3 Å². The molecule has 1 aromatic carbocycles. The molecule has 0 fully saturated rings. The van der Waals surface area contributed by atoms with E-state index in [1.807, 2.05) is 6.92 Å². The van der Waals surface area contributed by atoms with Gasteiger partial charge in [-0.3, -0.25) is 9.59 Å². The maximum Gasteiger partial charge on any atom is 0.238 e. The zero-order chi connectivity index (χ0) is 16.2. The number of nitrogens with one attached hydrogen (secondary N) is 3. The van der Waals surface area contributed by atoms with Gasteiger partial charge in [0.2, 0.25) is 11.8 Å². The third-order valence-electron chi connectivity index (χ3n) is 2.89. The van der Waals surface area contributed by atoms with Crippen LogP contribution >= 0.6 is 0 Å². The van der Waals surface area contributed by atoms with E-state index < -0.39 is 0 Å². The fraction of sp³-hybridized carbons (Fsp3) is 0.500. The molecule has 0 atom stereocenters. The first-order valence-corrected chi connectivity index (χ1v) is 7.55. The number of ether oxygens (including phenoxy) is 1. The van der Waals surface area contributed by atoms with Crippen molar-refractivity contribution >= 4 is 23.2 Å². The standard InChI is InChI=1S/C16H25N3O3/c1-3-6-15(20)18-13-7-4-8-14(11-13)19-16(21)12-17-9-5-10-22-2/h4,7-8,11,17H,3,5-6,9-10,12H2,1-2H3,(H,18,20)(H,19,21). The molecule has 1 aromatic rings. The third kappa shape index (κ3) is 7.75. The summed E-state index contributed by atoms with van der Waals surface area (Å²) in [6.07, 6.45) is 2.15. The predicted octanol–water partition coefficient (Wildman–Crippen LogP) is 1.99. The Bertz CT molecular complexity index is 477. The maximum atomic E-state index is 11.8. The first-order valence-electron chi connectivity index (χ1n) is 7.55. The Kier molecular flexibility index (Phi) is 8.86. The van der Waals surface area contributed by atoms with Crippen LogP contribution in [-0.2, 0) is 14.3 Å². The molecule has 3 N–H and O–H groups in total. The lowest BCUT2D eigenvalue weighted by Gasteiger charge is -2.09. The van der Waals surface area contributed by atoms with Gasteiger partial charge in [-0.25, -0.2) is 0 Å². The summed E-state index contributed by atoms with van der Waals surface area (Å²) < 4.78 is 4.93. The average molecular weight is 307 g/mol. The van der Waals surface area contributed by atoms with Crippen LogP contribution in [0.3, 0.4) is 0 Å². The Balaban J connectivity index is 2.38. The highest BCUT2D eigenvalue weighted by Gasteiger charge is 2.04. The van der Waals surface area contributed by atoms with Gasteiger partial charge in [-0.15, -0.1) is 0 Å². The van der Waals surface area contributed by atoms with E-state index in [9.17, 15) is 9.59 Å². The number of carbonyl (C=O) groups is 2. The molecular weight excluding hydrogens is 282 g/mol. The molecule has 0 aliphatic rings. The number of hydrogen-bond acceptors (Lipinski definition) is 4. The summed E-state index contributed by atoms with van der Waals surface area (Å²) in [6.45, 7) is 3.61. The molecule has 0 saturated heterocycles. The highest BCUT2D eigenvalue weighted by molar-refractivity contribution is 5.94. The monoisotopic (exact) mass is 307 g/mol. The van der Waals surface area contributed by atoms with E-state index in [4.69, 9.17) is 4.74 Å². The van der Waals surface area contributed by atoms with Gasteiger partial charge >= 0.3 is 0 Å². The van der Waals surface area contributed by atoms with Gasteiger partial charge in [0.25, 0.3) is 0 Å². The van der Waals surface area contributed by atoms with Crippen molar-refractivity contribution in [3.63, 3.8) is 0 Å². The molecule has 2 amide bonds. The summed E-state index contributed by atoms with van der Waals surface area (Å²) in [4.78, 5) is 23.3. The number of carbonyl (C=O) groups excluding carboxylic acids is 2. The second-order valence-electron chi connectivity index (χ2n) is 4.95. The number of rotatable bonds is 10. The molecule has 0 aliphatic carbocycles. The Morgan fingerprint density at radius 1 is 1.14 bits per heavy atom. The van der Waals surface area contributed by atoms with E-state index in [1.54, 1.807) is 31.4 Å². The first kappa shape index (κ1) is 18.1. The molecule has 0 spiro atoms. The SMILES string of the molecule is CCCC(=O)Nc1cccc(NC(=O)CNCCCOC)c1. The van der Waals surface area contributed by atoms with Crippen LogP contribution in [0.25, 0.3) is 0 Å². The van der Waals surface area contributed by atoms with Crippen molar-refractivity contribution in [2.45, 2.75) is 26.2 Å². The average Bonchev–Trinajstić information content (AvgIpc) is 2.47. The molecular formula is C16H25N3O3. The van der Waals surface area contributed by atoms with Crippen molar-refractivity contribution in [2.75, 3.05) is 37.4 Å². The third-order valence-corrected chi connectivity index (χ3v) is 2.89. The highest BCUT2D eigenvalue weighted by atomic mass is 16.5. The zero-order valence-electron chi connectivity index (χ0n) is 13.3. The van der Waals surface area contributed by atoms with E-state index in [-0.39, 0.29) is 18.4 Å². The lowest BCUT2D eigenvalue weighted by Crippen LogP contribution is -2.29. The number of benzene rings is 1. The number of anilines is 2. The Hall–Kier alpha value is -1.92. The van der Waals surface area contributed by atoms with E-state index >= 15 is 0 Å². The van der Waals surface area contributed by atoms with Crippen LogP contribution in [-0.4, -0.2) is 38.6 Å². The molecule has 122 valence electrons. The summed E-state index contributed by atoms with van der Waals surface area (Å²) in [6, 6.07) is 7.13. The quantitative estimate of drug-likeness (QED) is 0.578. The van der Waals surface area contributed by atoms with E-state index in [1.165, 1.54) is 0 Å². The van der Waals surface area contributed by atoms with Crippen molar-refractivity contribution in [1.29, 1.82) is 0 Å². The summed E-state index contributed by atoms with van der Waals surface area (Å²) >= 11 is 0. The first-order chi connectivity index (χ1) is 10.7. The van der Waals surface area contributed by atoms with Gasteiger partial charge in [-0.05, 0) is 37.6 Å². The van der Waals surface area contributed by atoms with E-state index in [2.05, 4.69) is 16.0 Å². The van der Waals surface area contributed by atoms with Gasteiger partial charge in [0, 0.05) is 31.5 Å².